The molecule has 0 bridgehead atoms. The zero-order chi connectivity index (χ0) is 31.2. The highest BCUT2D eigenvalue weighted by Gasteiger charge is 2.21. The molecule has 0 aliphatic rings. The Morgan fingerprint density at radius 1 is 0.714 bits per heavy atom. The highest BCUT2D eigenvalue weighted by Crippen LogP contribution is 2.22. The molecule has 0 unspecified atom stereocenters. The fourth-order valence-corrected chi connectivity index (χ4v) is 5.76. The highest BCUT2D eigenvalue weighted by atomic mass is 32.2. The first-order valence-electron chi connectivity index (χ1n) is 12.7. The van der Waals surface area contributed by atoms with Crippen LogP contribution in [0.1, 0.15) is 33.4 Å². The van der Waals surface area contributed by atoms with E-state index < -0.39 is 26.1 Å². The first-order valence-corrected chi connectivity index (χ1v) is 15.5. The number of benzene rings is 3. The van der Waals surface area contributed by atoms with Gasteiger partial charge in [0.1, 0.15) is 0 Å². The van der Waals surface area contributed by atoms with Crippen LogP contribution in [0.3, 0.4) is 0 Å². The summed E-state index contributed by atoms with van der Waals surface area (Å²) in [7, 11) is -8.90. The second-order valence-corrected chi connectivity index (χ2v) is 12.6. The molecule has 0 radical (unpaired) electrons. The molecule has 12 heteroatoms. The quantitative estimate of drug-likeness (QED) is 0.228. The summed E-state index contributed by atoms with van der Waals surface area (Å²) in [5.41, 5.74) is 3.54. The fraction of sp³-hybridized carbons (Fsp3) is 0.200. The molecule has 0 saturated carbocycles. The Morgan fingerprint density at radius 3 is 1.71 bits per heavy atom. The standard InChI is InChI=1S/C30H32N2O8S2/c1-5-29(33)31(19-25-12-13-27(15-22(25)4)41(35,36)37)17-23-8-7-9-24(16-23)18-32(30(34)6-2)20-26-11-10-21(3)14-28(26)42(38,39)40/h5-16H,1-2,17-20H2,3-4H3,(H,35,36,37)(H,38,39,40). The van der Waals surface area contributed by atoms with Crippen LogP contribution in [0.25, 0.3) is 0 Å². The van der Waals surface area contributed by atoms with E-state index in [1.54, 1.807) is 50.2 Å². The monoisotopic (exact) mass is 612 g/mol. The maximum Gasteiger partial charge on any atom is 0.294 e. The summed E-state index contributed by atoms with van der Waals surface area (Å²) in [6.45, 7) is 10.8. The molecule has 2 amide bonds. The summed E-state index contributed by atoms with van der Waals surface area (Å²) >= 11 is 0. The summed E-state index contributed by atoms with van der Waals surface area (Å²) in [5, 5.41) is 0. The number of carbonyl (C=O) groups excluding carboxylic acids is 2. The van der Waals surface area contributed by atoms with Crippen molar-refractivity contribution in [2.45, 2.75) is 49.8 Å². The Labute approximate surface area is 246 Å². The second-order valence-electron chi connectivity index (χ2n) is 9.77. The third-order valence-electron chi connectivity index (χ3n) is 6.55. The Morgan fingerprint density at radius 2 is 1.24 bits per heavy atom. The maximum absolute atomic E-state index is 12.7. The van der Waals surface area contributed by atoms with Gasteiger partial charge in [-0.3, -0.25) is 18.7 Å². The predicted octanol–water partition coefficient (Wildman–Crippen LogP) is 4.23. The van der Waals surface area contributed by atoms with Gasteiger partial charge in [0.25, 0.3) is 20.2 Å². The van der Waals surface area contributed by atoms with Crippen LogP contribution in [-0.4, -0.2) is 47.6 Å². The van der Waals surface area contributed by atoms with Crippen molar-refractivity contribution in [3.05, 3.63) is 119 Å². The lowest BCUT2D eigenvalue weighted by Gasteiger charge is -2.24. The minimum atomic E-state index is -4.53. The molecule has 3 aromatic carbocycles. The summed E-state index contributed by atoms with van der Waals surface area (Å²) in [6, 6.07) is 15.8. The van der Waals surface area contributed by atoms with Gasteiger partial charge in [0.2, 0.25) is 11.8 Å². The molecule has 3 aromatic rings. The summed E-state index contributed by atoms with van der Waals surface area (Å²) < 4.78 is 65.9. The van der Waals surface area contributed by atoms with Crippen molar-refractivity contribution >= 4 is 32.1 Å². The van der Waals surface area contributed by atoms with Gasteiger partial charge >= 0.3 is 0 Å². The average molecular weight is 613 g/mol. The number of rotatable bonds is 12. The van der Waals surface area contributed by atoms with Crippen LogP contribution in [-0.2, 0) is 56.0 Å². The molecule has 0 aromatic heterocycles. The van der Waals surface area contributed by atoms with Crippen molar-refractivity contribution in [3.8, 4) is 0 Å². The molecule has 0 heterocycles. The number of carbonyl (C=O) groups is 2. The third kappa shape index (κ3) is 8.46. The molecular weight excluding hydrogens is 580 g/mol. The zero-order valence-electron chi connectivity index (χ0n) is 23.2. The Balaban J connectivity index is 1.87. The number of aryl methyl sites for hydroxylation is 2. The summed E-state index contributed by atoms with van der Waals surface area (Å²) in [4.78, 5) is 27.8. The second kappa shape index (κ2) is 13.3. The topological polar surface area (TPSA) is 149 Å². The number of nitrogens with zero attached hydrogens (tertiary/aromatic N) is 2. The van der Waals surface area contributed by atoms with E-state index in [-0.39, 0.29) is 47.4 Å². The number of hydrogen-bond acceptors (Lipinski definition) is 6. The highest BCUT2D eigenvalue weighted by molar-refractivity contribution is 7.86. The third-order valence-corrected chi connectivity index (χ3v) is 8.33. The smallest absolute Gasteiger partial charge is 0.294 e. The van der Waals surface area contributed by atoms with Gasteiger partial charge in [0, 0.05) is 26.2 Å². The lowest BCUT2D eigenvalue weighted by Crippen LogP contribution is -2.30. The van der Waals surface area contributed by atoms with Crippen molar-refractivity contribution in [2.24, 2.45) is 0 Å². The van der Waals surface area contributed by atoms with Gasteiger partial charge < -0.3 is 9.80 Å². The molecule has 222 valence electrons. The lowest BCUT2D eigenvalue weighted by molar-refractivity contribution is -0.127. The number of hydrogen-bond donors (Lipinski definition) is 2. The molecule has 0 saturated heterocycles. The van der Waals surface area contributed by atoms with Crippen LogP contribution >= 0.6 is 0 Å². The van der Waals surface area contributed by atoms with E-state index in [4.69, 9.17) is 0 Å². The van der Waals surface area contributed by atoms with Crippen LogP contribution in [0.15, 0.2) is 95.8 Å². The molecule has 2 N–H and O–H groups in total. The van der Waals surface area contributed by atoms with Gasteiger partial charge in [-0.1, -0.05) is 55.6 Å². The predicted molar refractivity (Wildman–Crippen MR) is 157 cm³/mol. The Kier molecular flexibility index (Phi) is 10.2. The van der Waals surface area contributed by atoms with E-state index in [9.17, 15) is 35.5 Å². The fourth-order valence-electron chi connectivity index (χ4n) is 4.40. The van der Waals surface area contributed by atoms with E-state index >= 15 is 0 Å². The average Bonchev–Trinajstić information content (AvgIpc) is 2.92. The minimum absolute atomic E-state index is 0.0864. The van der Waals surface area contributed by atoms with E-state index in [0.717, 1.165) is 11.6 Å². The molecule has 3 rings (SSSR count). The van der Waals surface area contributed by atoms with E-state index in [2.05, 4.69) is 13.2 Å². The zero-order valence-corrected chi connectivity index (χ0v) is 24.9. The largest absolute Gasteiger partial charge is 0.331 e. The van der Waals surface area contributed by atoms with Crippen molar-refractivity contribution in [3.63, 3.8) is 0 Å². The van der Waals surface area contributed by atoms with E-state index in [0.29, 0.717) is 22.3 Å². The van der Waals surface area contributed by atoms with Crippen LogP contribution in [0.2, 0.25) is 0 Å². The lowest BCUT2D eigenvalue weighted by atomic mass is 10.1. The van der Waals surface area contributed by atoms with Crippen LogP contribution in [0.4, 0.5) is 0 Å². The van der Waals surface area contributed by atoms with Crippen molar-refractivity contribution < 1.29 is 35.5 Å². The van der Waals surface area contributed by atoms with Gasteiger partial charge in [0.15, 0.2) is 0 Å². The molecule has 42 heavy (non-hydrogen) atoms. The van der Waals surface area contributed by atoms with Crippen LogP contribution in [0.5, 0.6) is 0 Å². The Bertz CT molecular complexity index is 1750. The summed E-state index contributed by atoms with van der Waals surface area (Å²) in [6.07, 6.45) is 2.29. The van der Waals surface area contributed by atoms with Gasteiger partial charge in [-0.05, 0) is 77.6 Å². The minimum Gasteiger partial charge on any atom is -0.331 e. The van der Waals surface area contributed by atoms with Gasteiger partial charge in [0.05, 0.1) is 9.79 Å². The van der Waals surface area contributed by atoms with Crippen molar-refractivity contribution in [2.75, 3.05) is 0 Å². The van der Waals surface area contributed by atoms with Crippen LogP contribution in [0, 0.1) is 13.8 Å². The van der Waals surface area contributed by atoms with Crippen molar-refractivity contribution in [1.82, 2.24) is 9.80 Å². The molecule has 0 aliphatic heterocycles. The first kappa shape index (κ1) is 32.4. The molecule has 0 atom stereocenters. The molecule has 0 fully saturated rings. The normalized spacial score (nSPS) is 11.5. The van der Waals surface area contributed by atoms with Gasteiger partial charge in [-0.25, -0.2) is 0 Å². The summed E-state index contributed by atoms with van der Waals surface area (Å²) in [5.74, 6) is -0.811. The maximum atomic E-state index is 12.7. The van der Waals surface area contributed by atoms with E-state index in [1.165, 1.54) is 40.1 Å². The first-order chi connectivity index (χ1) is 19.6. The molecular formula is C30H32N2O8S2. The molecule has 0 aliphatic carbocycles. The SMILES string of the molecule is C=CC(=O)N(Cc1cccc(CN(Cc2ccc(C)cc2S(=O)(=O)O)C(=O)C=C)c1)Cc1ccc(S(=O)(=O)O)cc1C. The van der Waals surface area contributed by atoms with Crippen LogP contribution < -0.4 is 0 Å². The van der Waals surface area contributed by atoms with Gasteiger partial charge in [-0.15, -0.1) is 0 Å². The van der Waals surface area contributed by atoms with E-state index in [1.807, 2.05) is 0 Å². The molecule has 10 nitrogen and oxygen atoms in total. The Hall–Kier alpha value is -4.10. The van der Waals surface area contributed by atoms with Gasteiger partial charge in [-0.2, -0.15) is 16.8 Å². The van der Waals surface area contributed by atoms with Crippen molar-refractivity contribution in [1.29, 1.82) is 0 Å². The number of amides is 2. The molecule has 0 spiro atoms.